The van der Waals surface area contributed by atoms with Crippen molar-refractivity contribution in [1.82, 2.24) is 0 Å². The normalized spacial score (nSPS) is 12.2. The van der Waals surface area contributed by atoms with Gasteiger partial charge in [-0.1, -0.05) is 15.9 Å². The van der Waals surface area contributed by atoms with Crippen LogP contribution in [-0.4, -0.2) is 30.2 Å². The third kappa shape index (κ3) is 4.46. The van der Waals surface area contributed by atoms with Gasteiger partial charge in [0.05, 0.1) is 18.5 Å². The largest absolute Gasteiger partial charge is 0.469 e. The van der Waals surface area contributed by atoms with E-state index in [9.17, 15) is 9.59 Å². The van der Waals surface area contributed by atoms with E-state index in [1.165, 1.54) is 7.11 Å². The summed E-state index contributed by atoms with van der Waals surface area (Å²) in [5.74, 6) is -0.438. The highest BCUT2D eigenvalue weighted by atomic mass is 79.9. The first-order chi connectivity index (χ1) is 5.61. The number of ketones is 1. The molecule has 0 aliphatic heterocycles. The molecule has 70 valence electrons. The smallest absolute Gasteiger partial charge is 0.305 e. The summed E-state index contributed by atoms with van der Waals surface area (Å²) in [5, 5.41) is 0.231. The second kappa shape index (κ2) is 6.14. The molecule has 0 radical (unpaired) electrons. The van der Waals surface area contributed by atoms with Gasteiger partial charge in [-0.05, 0) is 6.42 Å². The van der Waals surface area contributed by atoms with Crippen molar-refractivity contribution in [2.45, 2.75) is 18.9 Å². The van der Waals surface area contributed by atoms with Gasteiger partial charge in [-0.3, -0.25) is 9.59 Å². The molecule has 0 heterocycles. The van der Waals surface area contributed by atoms with Crippen LogP contribution in [0.15, 0.2) is 0 Å². The van der Waals surface area contributed by atoms with Crippen LogP contribution in [0.5, 0.6) is 0 Å². The van der Waals surface area contributed by atoms with Crippen molar-refractivity contribution in [3.63, 3.8) is 0 Å². The number of nitrogens with two attached hydrogens (primary N) is 1. The van der Waals surface area contributed by atoms with E-state index in [1.54, 1.807) is 0 Å². The first-order valence-electron chi connectivity index (χ1n) is 3.53. The molecule has 0 saturated carbocycles. The first kappa shape index (κ1) is 11.6. The van der Waals surface area contributed by atoms with Crippen molar-refractivity contribution < 1.29 is 14.3 Å². The van der Waals surface area contributed by atoms with Crippen LogP contribution in [0.3, 0.4) is 0 Å². The molecule has 12 heavy (non-hydrogen) atoms. The van der Waals surface area contributed by atoms with Gasteiger partial charge < -0.3 is 10.5 Å². The number of carbonyl (C=O) groups is 2. The van der Waals surface area contributed by atoms with E-state index in [-0.39, 0.29) is 23.5 Å². The van der Waals surface area contributed by atoms with Crippen LogP contribution < -0.4 is 5.73 Å². The van der Waals surface area contributed by atoms with Gasteiger partial charge in [0.1, 0.15) is 0 Å². The number of rotatable bonds is 5. The predicted octanol–water partition coefficient (Wildman–Crippen LogP) is 0.231. The average molecular weight is 238 g/mol. The maximum Gasteiger partial charge on any atom is 0.305 e. The molecule has 0 bridgehead atoms. The van der Waals surface area contributed by atoms with Crippen LogP contribution in [0.1, 0.15) is 12.8 Å². The zero-order chi connectivity index (χ0) is 9.56. The van der Waals surface area contributed by atoms with Gasteiger partial charge >= 0.3 is 5.97 Å². The summed E-state index contributed by atoms with van der Waals surface area (Å²) in [6, 6.07) is -0.566. The lowest BCUT2D eigenvalue weighted by Gasteiger charge is -2.06. The zero-order valence-electron chi connectivity index (χ0n) is 6.88. The number of hydrogen-bond acceptors (Lipinski definition) is 4. The molecule has 0 amide bonds. The van der Waals surface area contributed by atoms with Gasteiger partial charge in [-0.2, -0.15) is 0 Å². The SMILES string of the molecule is COC(=O)CC[C@@H](N)C(=O)CBr. The fourth-order valence-electron chi connectivity index (χ4n) is 0.636. The van der Waals surface area contributed by atoms with E-state index >= 15 is 0 Å². The van der Waals surface area contributed by atoms with Crippen molar-refractivity contribution in [2.75, 3.05) is 12.4 Å². The second-order valence-electron chi connectivity index (χ2n) is 2.32. The van der Waals surface area contributed by atoms with Crippen LogP contribution in [0.2, 0.25) is 0 Å². The summed E-state index contributed by atoms with van der Waals surface area (Å²) < 4.78 is 4.40. The van der Waals surface area contributed by atoms with Crippen LogP contribution in [0, 0.1) is 0 Å². The third-order valence-corrected chi connectivity index (χ3v) is 1.99. The summed E-state index contributed by atoms with van der Waals surface area (Å²) >= 11 is 2.99. The molecular weight excluding hydrogens is 226 g/mol. The van der Waals surface area contributed by atoms with E-state index in [1.807, 2.05) is 0 Å². The number of carbonyl (C=O) groups excluding carboxylic acids is 2. The lowest BCUT2D eigenvalue weighted by molar-refractivity contribution is -0.140. The van der Waals surface area contributed by atoms with Gasteiger partial charge in [0.25, 0.3) is 0 Å². The molecule has 2 N–H and O–H groups in total. The van der Waals surface area contributed by atoms with Crippen molar-refractivity contribution in [2.24, 2.45) is 5.73 Å². The Morgan fingerprint density at radius 2 is 2.17 bits per heavy atom. The van der Waals surface area contributed by atoms with Crippen molar-refractivity contribution in [3.05, 3.63) is 0 Å². The highest BCUT2D eigenvalue weighted by Gasteiger charge is 2.13. The van der Waals surface area contributed by atoms with E-state index < -0.39 is 6.04 Å². The minimum atomic E-state index is -0.566. The Morgan fingerprint density at radius 3 is 2.58 bits per heavy atom. The molecule has 0 unspecified atom stereocenters. The molecule has 1 atom stereocenters. The zero-order valence-corrected chi connectivity index (χ0v) is 8.46. The lowest BCUT2D eigenvalue weighted by Crippen LogP contribution is -2.31. The Balaban J connectivity index is 3.63. The number of methoxy groups -OCH3 is 1. The van der Waals surface area contributed by atoms with E-state index in [4.69, 9.17) is 5.73 Å². The van der Waals surface area contributed by atoms with Crippen molar-refractivity contribution >= 4 is 27.7 Å². The van der Waals surface area contributed by atoms with E-state index in [2.05, 4.69) is 20.7 Å². The van der Waals surface area contributed by atoms with Gasteiger partial charge in [-0.25, -0.2) is 0 Å². The van der Waals surface area contributed by atoms with E-state index in [0.717, 1.165) is 0 Å². The fraction of sp³-hybridized carbons (Fsp3) is 0.714. The molecule has 0 aromatic heterocycles. The van der Waals surface area contributed by atoms with Crippen LogP contribution in [0.4, 0.5) is 0 Å². The molecule has 4 nitrogen and oxygen atoms in total. The average Bonchev–Trinajstić information content (AvgIpc) is 2.11. The van der Waals surface area contributed by atoms with Crippen LogP contribution >= 0.6 is 15.9 Å². The number of alkyl halides is 1. The quantitative estimate of drug-likeness (QED) is 0.549. The summed E-state index contributed by atoms with van der Waals surface area (Å²) in [5.41, 5.74) is 5.44. The van der Waals surface area contributed by atoms with Gasteiger partial charge in [0.2, 0.25) is 0 Å². The molecule has 0 aliphatic carbocycles. The predicted molar refractivity (Wildman–Crippen MR) is 48.0 cm³/mol. The Bertz CT molecular complexity index is 172. The molecule has 5 heteroatoms. The second-order valence-corrected chi connectivity index (χ2v) is 2.88. The Morgan fingerprint density at radius 1 is 1.58 bits per heavy atom. The number of ether oxygens (including phenoxy) is 1. The summed E-state index contributed by atoms with van der Waals surface area (Å²) in [4.78, 5) is 21.5. The first-order valence-corrected chi connectivity index (χ1v) is 4.65. The highest BCUT2D eigenvalue weighted by Crippen LogP contribution is 1.99. The summed E-state index contributed by atoms with van der Waals surface area (Å²) in [6.07, 6.45) is 0.535. The Hall–Kier alpha value is -0.420. The molecular formula is C7H12BrNO3. The highest BCUT2D eigenvalue weighted by molar-refractivity contribution is 9.09. The Kier molecular flexibility index (Phi) is 5.92. The van der Waals surface area contributed by atoms with Crippen molar-refractivity contribution in [3.8, 4) is 0 Å². The maximum absolute atomic E-state index is 10.9. The minimum absolute atomic E-state index is 0.0982. The molecule has 0 aliphatic rings. The molecule has 0 spiro atoms. The molecule has 0 aromatic rings. The number of halogens is 1. The standard InChI is InChI=1S/C7H12BrNO3/c1-12-7(11)3-2-5(9)6(10)4-8/h5H,2-4,9H2,1H3/t5-/m1/s1. The van der Waals surface area contributed by atoms with Gasteiger partial charge in [0, 0.05) is 6.42 Å². The van der Waals surface area contributed by atoms with Crippen molar-refractivity contribution in [1.29, 1.82) is 0 Å². The molecule has 0 saturated heterocycles. The summed E-state index contributed by atoms with van der Waals surface area (Å²) in [6.45, 7) is 0. The minimum Gasteiger partial charge on any atom is -0.469 e. The van der Waals surface area contributed by atoms with Crippen LogP contribution in [-0.2, 0) is 14.3 Å². The fourth-order valence-corrected chi connectivity index (χ4v) is 1.05. The monoisotopic (exact) mass is 237 g/mol. The topological polar surface area (TPSA) is 69.4 Å². The van der Waals surface area contributed by atoms with Gasteiger partial charge in [-0.15, -0.1) is 0 Å². The molecule has 0 rings (SSSR count). The summed E-state index contributed by atoms with van der Waals surface area (Å²) in [7, 11) is 1.31. The molecule has 0 aromatic carbocycles. The lowest BCUT2D eigenvalue weighted by atomic mass is 10.1. The van der Waals surface area contributed by atoms with E-state index in [0.29, 0.717) is 6.42 Å². The number of Topliss-reactive ketones (excluding diaryl/α,β-unsaturated/α-hetero) is 1. The van der Waals surface area contributed by atoms with Gasteiger partial charge in [0.15, 0.2) is 5.78 Å². The third-order valence-electron chi connectivity index (χ3n) is 1.43. The maximum atomic E-state index is 10.9. The molecule has 0 fully saturated rings. The number of hydrogen-bond donors (Lipinski definition) is 1. The number of esters is 1. The van der Waals surface area contributed by atoms with Crippen LogP contribution in [0.25, 0.3) is 0 Å². The Labute approximate surface area is 79.6 Å².